The van der Waals surface area contributed by atoms with Crippen molar-refractivity contribution in [1.82, 2.24) is 15.0 Å². The summed E-state index contributed by atoms with van der Waals surface area (Å²) in [5.74, 6) is 0.997. The number of rotatable bonds is 6. The quantitative estimate of drug-likeness (QED) is 0.779. The average molecular weight is 253 g/mol. The van der Waals surface area contributed by atoms with Gasteiger partial charge in [-0.15, -0.1) is 0 Å². The molecule has 0 saturated heterocycles. The Morgan fingerprint density at radius 1 is 1.33 bits per heavy atom. The Morgan fingerprint density at radius 3 is 2.50 bits per heavy atom. The number of carboxylic acid groups (broad SMARTS) is 1. The molecule has 0 amide bonds. The van der Waals surface area contributed by atoms with Crippen LogP contribution in [-0.2, 0) is 4.79 Å². The number of aliphatic carboxylic acids is 1. The fourth-order valence-electron chi connectivity index (χ4n) is 1.20. The highest BCUT2D eigenvalue weighted by atomic mass is 16.4. The van der Waals surface area contributed by atoms with E-state index in [2.05, 4.69) is 20.3 Å². The van der Waals surface area contributed by atoms with Crippen molar-refractivity contribution in [2.45, 2.75) is 26.2 Å². The van der Waals surface area contributed by atoms with Crippen LogP contribution >= 0.6 is 0 Å². The standard InChI is InChI=1S/C11H19N5O2/c1-7(2)9-13-10(12-6-5-8(17)18)15-11(14-9)16(3)4/h7H,5-6H2,1-4H3,(H,17,18)(H,12,13,14,15). The molecule has 7 nitrogen and oxygen atoms in total. The Balaban J connectivity index is 2.86. The molecule has 0 aromatic carbocycles. The first-order chi connectivity index (χ1) is 8.40. The zero-order valence-electron chi connectivity index (χ0n) is 11.1. The van der Waals surface area contributed by atoms with Gasteiger partial charge < -0.3 is 15.3 Å². The van der Waals surface area contributed by atoms with Gasteiger partial charge in [-0.1, -0.05) is 13.8 Å². The number of carbonyl (C=O) groups is 1. The van der Waals surface area contributed by atoms with Crippen LogP contribution in [0.3, 0.4) is 0 Å². The van der Waals surface area contributed by atoms with E-state index in [-0.39, 0.29) is 12.3 Å². The fraction of sp³-hybridized carbons (Fsp3) is 0.636. The smallest absolute Gasteiger partial charge is 0.305 e. The van der Waals surface area contributed by atoms with Crippen LogP contribution < -0.4 is 10.2 Å². The zero-order valence-corrected chi connectivity index (χ0v) is 11.1. The van der Waals surface area contributed by atoms with E-state index in [1.54, 1.807) is 4.90 Å². The van der Waals surface area contributed by atoms with Gasteiger partial charge in [-0.25, -0.2) is 0 Å². The number of nitrogens with zero attached hydrogens (tertiary/aromatic N) is 4. The minimum absolute atomic E-state index is 0.0278. The number of carboxylic acids is 1. The van der Waals surface area contributed by atoms with Crippen LogP contribution in [-0.4, -0.2) is 46.7 Å². The predicted octanol–water partition coefficient (Wildman–Crippen LogP) is 0.948. The molecule has 1 heterocycles. The largest absolute Gasteiger partial charge is 0.481 e. The molecule has 2 N–H and O–H groups in total. The third-order valence-corrected chi connectivity index (χ3v) is 2.18. The second-order valence-corrected chi connectivity index (χ2v) is 4.44. The molecule has 0 aliphatic rings. The first-order valence-corrected chi connectivity index (χ1v) is 5.79. The topological polar surface area (TPSA) is 91.2 Å². The van der Waals surface area contributed by atoms with Gasteiger partial charge in [0.2, 0.25) is 11.9 Å². The van der Waals surface area contributed by atoms with Gasteiger partial charge in [0, 0.05) is 26.6 Å². The molecule has 0 aliphatic heterocycles. The number of hydrogen-bond donors (Lipinski definition) is 2. The van der Waals surface area contributed by atoms with E-state index in [4.69, 9.17) is 5.11 Å². The Hall–Kier alpha value is -1.92. The predicted molar refractivity (Wildman–Crippen MR) is 69.0 cm³/mol. The molecule has 0 atom stereocenters. The molecule has 0 radical (unpaired) electrons. The van der Waals surface area contributed by atoms with E-state index in [0.717, 1.165) is 0 Å². The highest BCUT2D eigenvalue weighted by Gasteiger charge is 2.10. The summed E-state index contributed by atoms with van der Waals surface area (Å²) < 4.78 is 0. The SMILES string of the molecule is CC(C)c1nc(NCCC(=O)O)nc(N(C)C)n1. The highest BCUT2D eigenvalue weighted by Crippen LogP contribution is 2.14. The van der Waals surface area contributed by atoms with Crippen molar-refractivity contribution in [3.63, 3.8) is 0 Å². The molecule has 1 aromatic heterocycles. The molecule has 100 valence electrons. The molecular weight excluding hydrogens is 234 g/mol. The highest BCUT2D eigenvalue weighted by molar-refractivity contribution is 5.67. The maximum absolute atomic E-state index is 10.4. The lowest BCUT2D eigenvalue weighted by atomic mass is 10.2. The van der Waals surface area contributed by atoms with Crippen molar-refractivity contribution in [3.8, 4) is 0 Å². The third kappa shape index (κ3) is 4.15. The fourth-order valence-corrected chi connectivity index (χ4v) is 1.20. The van der Waals surface area contributed by atoms with Crippen molar-refractivity contribution in [2.75, 3.05) is 30.9 Å². The maximum Gasteiger partial charge on any atom is 0.305 e. The van der Waals surface area contributed by atoms with Gasteiger partial charge in [-0.05, 0) is 0 Å². The van der Waals surface area contributed by atoms with Gasteiger partial charge in [0.1, 0.15) is 5.82 Å². The average Bonchev–Trinajstić information content (AvgIpc) is 2.28. The van der Waals surface area contributed by atoms with E-state index in [1.165, 1.54) is 0 Å². The molecule has 0 aliphatic carbocycles. The molecule has 0 spiro atoms. The monoisotopic (exact) mass is 253 g/mol. The maximum atomic E-state index is 10.4. The van der Waals surface area contributed by atoms with Crippen LogP contribution in [0.25, 0.3) is 0 Å². The molecule has 0 fully saturated rings. The summed E-state index contributed by atoms with van der Waals surface area (Å²) in [5, 5.41) is 11.5. The van der Waals surface area contributed by atoms with Crippen molar-refractivity contribution < 1.29 is 9.90 Å². The van der Waals surface area contributed by atoms with Crippen molar-refractivity contribution in [1.29, 1.82) is 0 Å². The number of aromatic nitrogens is 3. The summed E-state index contributed by atoms with van der Waals surface area (Å²) in [6.45, 7) is 4.29. The van der Waals surface area contributed by atoms with Gasteiger partial charge in [-0.2, -0.15) is 15.0 Å². The van der Waals surface area contributed by atoms with Gasteiger partial charge in [0.25, 0.3) is 0 Å². The first kappa shape index (κ1) is 14.1. The molecular formula is C11H19N5O2. The second kappa shape index (κ2) is 6.13. The van der Waals surface area contributed by atoms with Crippen LogP contribution in [0.5, 0.6) is 0 Å². The zero-order chi connectivity index (χ0) is 13.7. The van der Waals surface area contributed by atoms with E-state index in [9.17, 15) is 4.79 Å². The van der Waals surface area contributed by atoms with Crippen LogP contribution in [0.15, 0.2) is 0 Å². The Labute approximate surface area is 106 Å². The van der Waals surface area contributed by atoms with Gasteiger partial charge >= 0.3 is 5.97 Å². The van der Waals surface area contributed by atoms with Crippen LogP contribution in [0.1, 0.15) is 32.0 Å². The first-order valence-electron chi connectivity index (χ1n) is 5.79. The van der Waals surface area contributed by atoms with Crippen LogP contribution in [0.4, 0.5) is 11.9 Å². The molecule has 7 heteroatoms. The van der Waals surface area contributed by atoms with Crippen molar-refractivity contribution >= 4 is 17.9 Å². The summed E-state index contributed by atoms with van der Waals surface area (Å²) in [6.07, 6.45) is 0.0278. The lowest BCUT2D eigenvalue weighted by Gasteiger charge is -2.14. The molecule has 18 heavy (non-hydrogen) atoms. The van der Waals surface area contributed by atoms with Crippen LogP contribution in [0, 0.1) is 0 Å². The molecule has 0 unspecified atom stereocenters. The third-order valence-electron chi connectivity index (χ3n) is 2.18. The summed E-state index contributed by atoms with van der Waals surface area (Å²) >= 11 is 0. The van der Waals surface area contributed by atoms with Gasteiger partial charge in [0.15, 0.2) is 0 Å². The van der Waals surface area contributed by atoms with Gasteiger partial charge in [0.05, 0.1) is 6.42 Å². The van der Waals surface area contributed by atoms with E-state index >= 15 is 0 Å². The molecule has 1 rings (SSSR count). The number of nitrogens with one attached hydrogen (secondary N) is 1. The minimum atomic E-state index is -0.853. The summed E-state index contributed by atoms with van der Waals surface area (Å²) in [7, 11) is 3.70. The van der Waals surface area contributed by atoms with E-state index in [0.29, 0.717) is 24.3 Å². The Kier molecular flexibility index (Phi) is 4.82. The minimum Gasteiger partial charge on any atom is -0.481 e. The summed E-state index contributed by atoms with van der Waals surface area (Å²) in [6, 6.07) is 0. The number of anilines is 2. The molecule has 0 saturated carbocycles. The van der Waals surface area contributed by atoms with Crippen molar-refractivity contribution in [3.05, 3.63) is 5.82 Å². The Bertz CT molecular complexity index is 394. The number of hydrogen-bond acceptors (Lipinski definition) is 6. The summed E-state index contributed by atoms with van der Waals surface area (Å²) in [4.78, 5) is 25.0. The molecule has 1 aromatic rings. The lowest BCUT2D eigenvalue weighted by Crippen LogP contribution is -2.18. The normalized spacial score (nSPS) is 10.5. The van der Waals surface area contributed by atoms with Crippen LogP contribution in [0.2, 0.25) is 0 Å². The lowest BCUT2D eigenvalue weighted by molar-refractivity contribution is -0.136. The summed E-state index contributed by atoms with van der Waals surface area (Å²) in [5.41, 5.74) is 0. The van der Waals surface area contributed by atoms with E-state index in [1.807, 2.05) is 27.9 Å². The van der Waals surface area contributed by atoms with Gasteiger partial charge in [-0.3, -0.25) is 4.79 Å². The van der Waals surface area contributed by atoms with E-state index < -0.39 is 5.97 Å². The van der Waals surface area contributed by atoms with Crippen molar-refractivity contribution in [2.24, 2.45) is 0 Å². The Morgan fingerprint density at radius 2 is 2.00 bits per heavy atom. The second-order valence-electron chi connectivity index (χ2n) is 4.44. The molecule has 0 bridgehead atoms.